The molecule has 4 heteroatoms. The van der Waals surface area contributed by atoms with Crippen LogP contribution in [0.5, 0.6) is 0 Å². The van der Waals surface area contributed by atoms with Gasteiger partial charge >= 0.3 is 5.97 Å². The number of hydrogen-bond donors (Lipinski definition) is 0. The third-order valence-corrected chi connectivity index (χ3v) is 2.94. The van der Waals surface area contributed by atoms with Gasteiger partial charge in [0.15, 0.2) is 8.32 Å². The van der Waals surface area contributed by atoms with Crippen LogP contribution in [-0.2, 0) is 14.0 Å². The van der Waals surface area contributed by atoms with E-state index in [2.05, 4.69) is 19.6 Å². The van der Waals surface area contributed by atoms with Crippen LogP contribution in [0.4, 0.5) is 0 Å². The van der Waals surface area contributed by atoms with Gasteiger partial charge in [-0.3, -0.25) is 4.79 Å². The Labute approximate surface area is 80.5 Å². The number of rotatable bonds is 3. The van der Waals surface area contributed by atoms with Gasteiger partial charge in [-0.25, -0.2) is 0 Å². The Bertz CT molecular complexity index is 186. The Morgan fingerprint density at radius 1 is 1.54 bits per heavy atom. The molecule has 1 aliphatic rings. The third kappa shape index (κ3) is 4.43. The molecule has 0 spiro atoms. The number of carbonyl (C=O) groups excluding carboxylic acids is 1. The molecule has 76 valence electrons. The Hall–Kier alpha value is -0.353. The molecule has 1 saturated heterocycles. The first-order valence-electron chi connectivity index (χ1n) is 4.81. The summed E-state index contributed by atoms with van der Waals surface area (Å²) in [4.78, 5) is 10.9. The fraction of sp³-hybridized carbons (Fsp3) is 0.889. The van der Waals surface area contributed by atoms with E-state index in [0.29, 0.717) is 13.0 Å². The highest BCUT2D eigenvalue weighted by molar-refractivity contribution is 6.69. The fourth-order valence-electron chi connectivity index (χ4n) is 1.24. The number of esters is 1. The largest absolute Gasteiger partial charge is 0.460 e. The average molecular weight is 202 g/mol. The summed E-state index contributed by atoms with van der Waals surface area (Å²) in [5.41, 5.74) is 0. The van der Waals surface area contributed by atoms with Gasteiger partial charge in [-0.15, -0.1) is 0 Å². The van der Waals surface area contributed by atoms with E-state index in [1.807, 2.05) is 0 Å². The highest BCUT2D eigenvalue weighted by Gasteiger charge is 2.23. The highest BCUT2D eigenvalue weighted by Crippen LogP contribution is 2.15. The molecule has 0 aliphatic carbocycles. The van der Waals surface area contributed by atoms with Crippen LogP contribution in [0.15, 0.2) is 0 Å². The first-order chi connectivity index (χ1) is 5.97. The molecule has 0 saturated carbocycles. The summed E-state index contributed by atoms with van der Waals surface area (Å²) in [6.45, 7) is 6.99. The minimum atomic E-state index is -1.45. The molecular weight excluding hydrogens is 184 g/mol. The van der Waals surface area contributed by atoms with Crippen LogP contribution >= 0.6 is 0 Å². The normalized spacial score (nSPS) is 24.2. The van der Waals surface area contributed by atoms with Crippen molar-refractivity contribution in [3.63, 3.8) is 0 Å². The van der Waals surface area contributed by atoms with E-state index in [9.17, 15) is 4.79 Å². The molecule has 0 aromatic carbocycles. The lowest BCUT2D eigenvalue weighted by Crippen LogP contribution is -2.34. The van der Waals surface area contributed by atoms with Crippen molar-refractivity contribution in [3.8, 4) is 0 Å². The van der Waals surface area contributed by atoms with Gasteiger partial charge in [-0.2, -0.15) is 0 Å². The maximum atomic E-state index is 10.9. The van der Waals surface area contributed by atoms with Gasteiger partial charge in [0.1, 0.15) is 6.10 Å². The van der Waals surface area contributed by atoms with E-state index in [4.69, 9.17) is 9.16 Å². The molecule has 1 heterocycles. The highest BCUT2D eigenvalue weighted by atomic mass is 28.4. The lowest BCUT2D eigenvalue weighted by molar-refractivity contribution is -0.155. The van der Waals surface area contributed by atoms with Crippen LogP contribution in [0.2, 0.25) is 19.6 Å². The van der Waals surface area contributed by atoms with E-state index in [1.165, 1.54) is 0 Å². The molecule has 1 fully saturated rings. The zero-order valence-electron chi connectivity index (χ0n) is 8.63. The monoisotopic (exact) mass is 202 g/mol. The first kappa shape index (κ1) is 10.7. The molecule has 3 nitrogen and oxygen atoms in total. The maximum Gasteiger partial charge on any atom is 0.306 e. The van der Waals surface area contributed by atoms with Gasteiger partial charge in [0.05, 0.1) is 6.61 Å². The minimum Gasteiger partial charge on any atom is -0.460 e. The number of hydrogen-bond acceptors (Lipinski definition) is 3. The first-order valence-corrected chi connectivity index (χ1v) is 8.22. The van der Waals surface area contributed by atoms with Gasteiger partial charge in [0.25, 0.3) is 0 Å². The van der Waals surface area contributed by atoms with Crippen molar-refractivity contribution >= 4 is 14.3 Å². The van der Waals surface area contributed by atoms with Crippen molar-refractivity contribution in [2.75, 3.05) is 6.61 Å². The Morgan fingerprint density at radius 2 is 2.23 bits per heavy atom. The zero-order chi connectivity index (χ0) is 9.90. The second-order valence-corrected chi connectivity index (χ2v) is 8.94. The SMILES string of the molecule is C[Si](C)(C)OCC1CCCC(=O)O1. The summed E-state index contributed by atoms with van der Waals surface area (Å²) < 4.78 is 10.8. The molecule has 1 aliphatic heterocycles. The molecule has 1 rings (SSSR count). The standard InChI is InChI=1S/C9H18O3Si/c1-13(2,3)11-7-8-5-4-6-9(10)12-8/h8H,4-7H2,1-3H3. The molecule has 1 atom stereocenters. The van der Waals surface area contributed by atoms with Crippen LogP contribution in [0.25, 0.3) is 0 Å². The van der Waals surface area contributed by atoms with Crippen molar-refractivity contribution in [3.05, 3.63) is 0 Å². The van der Waals surface area contributed by atoms with Crippen LogP contribution in [0.3, 0.4) is 0 Å². The van der Waals surface area contributed by atoms with Crippen LogP contribution in [-0.4, -0.2) is 27.0 Å². The summed E-state index contributed by atoms with van der Waals surface area (Å²) in [6.07, 6.45) is 2.48. The van der Waals surface area contributed by atoms with Crippen molar-refractivity contribution < 1.29 is 14.0 Å². The zero-order valence-corrected chi connectivity index (χ0v) is 9.63. The van der Waals surface area contributed by atoms with Crippen molar-refractivity contribution in [1.29, 1.82) is 0 Å². The molecular formula is C9H18O3Si. The molecule has 0 aromatic heterocycles. The third-order valence-electron chi connectivity index (χ3n) is 1.91. The van der Waals surface area contributed by atoms with E-state index in [-0.39, 0.29) is 12.1 Å². The van der Waals surface area contributed by atoms with E-state index < -0.39 is 8.32 Å². The molecule has 0 amide bonds. The van der Waals surface area contributed by atoms with Crippen LogP contribution in [0, 0.1) is 0 Å². The predicted molar refractivity (Wildman–Crippen MR) is 53.0 cm³/mol. The number of ether oxygens (including phenoxy) is 1. The Kier molecular flexibility index (Phi) is 3.50. The predicted octanol–water partition coefficient (Wildman–Crippen LogP) is 1.93. The molecule has 1 unspecified atom stereocenters. The lowest BCUT2D eigenvalue weighted by atomic mass is 10.1. The number of cyclic esters (lactones) is 1. The van der Waals surface area contributed by atoms with Crippen LogP contribution in [0.1, 0.15) is 19.3 Å². The quantitative estimate of drug-likeness (QED) is 0.518. The summed E-state index contributed by atoms with van der Waals surface area (Å²) in [5, 5.41) is 0. The molecule has 0 radical (unpaired) electrons. The van der Waals surface area contributed by atoms with Gasteiger partial charge in [0, 0.05) is 6.42 Å². The van der Waals surface area contributed by atoms with E-state index in [1.54, 1.807) is 0 Å². The Balaban J connectivity index is 2.25. The van der Waals surface area contributed by atoms with Gasteiger partial charge in [-0.1, -0.05) is 0 Å². The molecule has 0 N–H and O–H groups in total. The van der Waals surface area contributed by atoms with Crippen molar-refractivity contribution in [2.45, 2.75) is 45.0 Å². The lowest BCUT2D eigenvalue weighted by Gasteiger charge is -2.25. The molecule has 0 aromatic rings. The number of carbonyl (C=O) groups is 1. The van der Waals surface area contributed by atoms with Crippen LogP contribution < -0.4 is 0 Å². The summed E-state index contributed by atoms with van der Waals surface area (Å²) >= 11 is 0. The van der Waals surface area contributed by atoms with Crippen molar-refractivity contribution in [2.24, 2.45) is 0 Å². The second-order valence-electron chi connectivity index (χ2n) is 4.43. The minimum absolute atomic E-state index is 0.00738. The Morgan fingerprint density at radius 3 is 2.77 bits per heavy atom. The van der Waals surface area contributed by atoms with Gasteiger partial charge in [-0.05, 0) is 32.5 Å². The van der Waals surface area contributed by atoms with Gasteiger partial charge in [0.2, 0.25) is 0 Å². The fourth-order valence-corrected chi connectivity index (χ4v) is 1.92. The topological polar surface area (TPSA) is 35.5 Å². The van der Waals surface area contributed by atoms with Crippen molar-refractivity contribution in [1.82, 2.24) is 0 Å². The molecule has 13 heavy (non-hydrogen) atoms. The van der Waals surface area contributed by atoms with E-state index in [0.717, 1.165) is 12.8 Å². The van der Waals surface area contributed by atoms with E-state index >= 15 is 0 Å². The summed E-state index contributed by atoms with van der Waals surface area (Å²) in [6, 6.07) is 0. The molecule has 0 bridgehead atoms. The maximum absolute atomic E-state index is 10.9. The smallest absolute Gasteiger partial charge is 0.306 e. The summed E-state index contributed by atoms with van der Waals surface area (Å²) in [5.74, 6) is -0.0737. The van der Waals surface area contributed by atoms with Gasteiger partial charge < -0.3 is 9.16 Å². The summed E-state index contributed by atoms with van der Waals surface area (Å²) in [7, 11) is -1.45. The second kappa shape index (κ2) is 4.24. The average Bonchev–Trinajstić information content (AvgIpc) is 2.00.